The molecule has 1 aliphatic rings. The molecule has 0 saturated carbocycles. The lowest BCUT2D eigenvalue weighted by Crippen LogP contribution is -2.52. The van der Waals surface area contributed by atoms with Gasteiger partial charge in [0.25, 0.3) is 0 Å². The van der Waals surface area contributed by atoms with Crippen molar-refractivity contribution in [1.82, 2.24) is 15.5 Å². The number of halogens is 8. The molecule has 3 aromatic carbocycles. The van der Waals surface area contributed by atoms with E-state index in [2.05, 4.69) is 15.5 Å². The molecular formula is C33H33Cl2F6N3O2. The summed E-state index contributed by atoms with van der Waals surface area (Å²) in [5.41, 5.74) is -1.97. The summed E-state index contributed by atoms with van der Waals surface area (Å²) in [5.74, 6) is -1.05. The zero-order valence-electron chi connectivity index (χ0n) is 24.9. The molecule has 0 radical (unpaired) electrons. The van der Waals surface area contributed by atoms with Gasteiger partial charge in [-0.25, -0.2) is 0 Å². The van der Waals surface area contributed by atoms with Gasteiger partial charge in [-0.15, -0.1) is 0 Å². The Morgan fingerprint density at radius 2 is 1.48 bits per heavy atom. The molecule has 0 bridgehead atoms. The molecule has 1 saturated heterocycles. The molecule has 0 spiro atoms. The predicted molar refractivity (Wildman–Crippen MR) is 164 cm³/mol. The molecule has 46 heavy (non-hydrogen) atoms. The number of carbonyl (C=O) groups excluding carboxylic acids is 2. The first-order valence-electron chi connectivity index (χ1n) is 14.6. The average Bonchev–Trinajstić information content (AvgIpc) is 2.99. The van der Waals surface area contributed by atoms with Crippen molar-refractivity contribution in [3.05, 3.63) is 105 Å². The molecule has 1 atom stereocenters. The molecule has 2 amide bonds. The molecule has 0 aliphatic carbocycles. The van der Waals surface area contributed by atoms with Crippen LogP contribution in [-0.2, 0) is 34.0 Å². The molecule has 248 valence electrons. The van der Waals surface area contributed by atoms with Crippen LogP contribution in [-0.4, -0.2) is 36.3 Å². The van der Waals surface area contributed by atoms with Gasteiger partial charge in [0.1, 0.15) is 0 Å². The molecule has 1 heterocycles. The van der Waals surface area contributed by atoms with Gasteiger partial charge in [-0.1, -0.05) is 59.6 Å². The zero-order valence-corrected chi connectivity index (χ0v) is 26.4. The van der Waals surface area contributed by atoms with Gasteiger partial charge >= 0.3 is 12.4 Å². The molecule has 1 fully saturated rings. The second kappa shape index (κ2) is 14.6. The van der Waals surface area contributed by atoms with E-state index in [9.17, 15) is 35.9 Å². The van der Waals surface area contributed by atoms with Crippen LogP contribution >= 0.6 is 23.2 Å². The Bertz CT molecular complexity index is 1490. The van der Waals surface area contributed by atoms with Gasteiger partial charge in [-0.05, 0) is 78.7 Å². The number of hydrogen-bond donors (Lipinski definition) is 2. The minimum atomic E-state index is -4.99. The van der Waals surface area contributed by atoms with E-state index in [0.29, 0.717) is 56.1 Å². The number of carbonyl (C=O) groups is 2. The Hall–Kier alpha value is -3.28. The minimum Gasteiger partial charge on any atom is -0.352 e. The summed E-state index contributed by atoms with van der Waals surface area (Å²) in [7, 11) is 0. The summed E-state index contributed by atoms with van der Waals surface area (Å²) < 4.78 is 79.7. The molecule has 2 N–H and O–H groups in total. The summed E-state index contributed by atoms with van der Waals surface area (Å²) in [6.07, 6.45) is -8.22. The lowest BCUT2D eigenvalue weighted by Gasteiger charge is -2.43. The Morgan fingerprint density at radius 1 is 0.870 bits per heavy atom. The van der Waals surface area contributed by atoms with E-state index in [1.165, 1.54) is 6.92 Å². The molecule has 4 rings (SSSR count). The molecule has 1 aliphatic heterocycles. The fourth-order valence-electron chi connectivity index (χ4n) is 5.85. The van der Waals surface area contributed by atoms with Crippen molar-refractivity contribution in [3.8, 4) is 0 Å². The Balaban J connectivity index is 1.45. The smallest absolute Gasteiger partial charge is 0.352 e. The predicted octanol–water partition coefficient (Wildman–Crippen LogP) is 8.34. The summed E-state index contributed by atoms with van der Waals surface area (Å²) in [6.45, 7) is 2.91. The maximum Gasteiger partial charge on any atom is 0.416 e. The maximum atomic E-state index is 13.3. The van der Waals surface area contributed by atoms with Crippen molar-refractivity contribution in [2.75, 3.05) is 19.6 Å². The van der Waals surface area contributed by atoms with Crippen molar-refractivity contribution >= 4 is 35.0 Å². The number of nitrogens with zero attached hydrogens (tertiary/aromatic N) is 1. The van der Waals surface area contributed by atoms with Gasteiger partial charge in [0.2, 0.25) is 11.8 Å². The lowest BCUT2D eigenvalue weighted by atomic mass is 9.80. The van der Waals surface area contributed by atoms with Gasteiger partial charge in [0.05, 0.1) is 26.7 Å². The summed E-state index contributed by atoms with van der Waals surface area (Å²) in [6, 6.07) is 16.0. The van der Waals surface area contributed by atoms with Crippen LogP contribution in [0.5, 0.6) is 0 Å². The van der Waals surface area contributed by atoms with Gasteiger partial charge < -0.3 is 15.5 Å². The van der Waals surface area contributed by atoms with Gasteiger partial charge in [0.15, 0.2) is 0 Å². The van der Waals surface area contributed by atoms with Crippen LogP contribution in [0.2, 0.25) is 10.0 Å². The summed E-state index contributed by atoms with van der Waals surface area (Å²) in [4.78, 5) is 27.4. The van der Waals surface area contributed by atoms with Crippen molar-refractivity contribution in [1.29, 1.82) is 0 Å². The topological polar surface area (TPSA) is 61.4 Å². The highest BCUT2D eigenvalue weighted by molar-refractivity contribution is 6.42. The Morgan fingerprint density at radius 3 is 2.02 bits per heavy atom. The fourth-order valence-corrected chi connectivity index (χ4v) is 6.15. The summed E-state index contributed by atoms with van der Waals surface area (Å²) >= 11 is 12.4. The number of benzene rings is 3. The highest BCUT2D eigenvalue weighted by Gasteiger charge is 2.38. The number of alkyl halides is 6. The van der Waals surface area contributed by atoms with Crippen molar-refractivity contribution in [2.45, 2.75) is 63.0 Å². The van der Waals surface area contributed by atoms with Gasteiger partial charge in [-0.2, -0.15) is 26.3 Å². The third-order valence-corrected chi connectivity index (χ3v) is 8.97. The van der Waals surface area contributed by atoms with Crippen LogP contribution in [0.3, 0.4) is 0 Å². The molecule has 13 heteroatoms. The largest absolute Gasteiger partial charge is 0.416 e. The van der Waals surface area contributed by atoms with Gasteiger partial charge in [0, 0.05) is 33.0 Å². The number of amides is 2. The van der Waals surface area contributed by atoms with Crippen LogP contribution in [0.1, 0.15) is 66.3 Å². The lowest BCUT2D eigenvalue weighted by molar-refractivity contribution is -0.143. The van der Waals surface area contributed by atoms with Gasteiger partial charge in [-0.3, -0.25) is 9.59 Å². The Kier molecular flexibility index (Phi) is 11.3. The molecule has 1 unspecified atom stereocenters. The molecule has 0 aromatic heterocycles. The second-order valence-corrected chi connectivity index (χ2v) is 12.3. The second-order valence-electron chi connectivity index (χ2n) is 11.5. The maximum absolute atomic E-state index is 13.3. The van der Waals surface area contributed by atoms with Crippen LogP contribution < -0.4 is 10.6 Å². The number of rotatable bonds is 10. The van der Waals surface area contributed by atoms with Crippen molar-refractivity contribution < 1.29 is 35.9 Å². The average molecular weight is 689 g/mol. The van der Waals surface area contributed by atoms with E-state index in [4.69, 9.17) is 23.2 Å². The fraction of sp³-hybridized carbons (Fsp3) is 0.394. The highest BCUT2D eigenvalue weighted by atomic mass is 35.5. The highest BCUT2D eigenvalue weighted by Crippen LogP contribution is 2.37. The van der Waals surface area contributed by atoms with E-state index in [-0.39, 0.29) is 34.9 Å². The monoisotopic (exact) mass is 687 g/mol. The van der Waals surface area contributed by atoms with E-state index >= 15 is 0 Å². The quantitative estimate of drug-likeness (QED) is 0.211. The normalized spacial score (nSPS) is 16.1. The first-order valence-corrected chi connectivity index (χ1v) is 15.4. The molecule has 5 nitrogen and oxygen atoms in total. The van der Waals surface area contributed by atoms with Crippen LogP contribution in [0, 0.1) is 0 Å². The van der Waals surface area contributed by atoms with E-state index < -0.39 is 41.5 Å². The van der Waals surface area contributed by atoms with E-state index in [1.54, 1.807) is 18.2 Å². The Labute approximate surface area is 273 Å². The first kappa shape index (κ1) is 35.6. The zero-order chi connectivity index (χ0) is 33.7. The van der Waals surface area contributed by atoms with E-state index in [1.807, 2.05) is 30.3 Å². The number of hydrogen-bond acceptors (Lipinski definition) is 3. The van der Waals surface area contributed by atoms with Crippen molar-refractivity contribution in [2.24, 2.45) is 0 Å². The number of likely N-dealkylation sites (tertiary alicyclic amines) is 1. The van der Waals surface area contributed by atoms with Crippen LogP contribution in [0.25, 0.3) is 0 Å². The first-order chi connectivity index (χ1) is 21.6. The minimum absolute atomic E-state index is 0.0479. The number of nitrogens with one attached hydrogen (secondary N) is 2. The number of piperidine rings is 1. The van der Waals surface area contributed by atoms with Crippen LogP contribution in [0.15, 0.2) is 66.7 Å². The SMILES string of the molecule is CC(=O)NC1(c2ccccc2)CCN(CCC(CC(=O)NCc2cc(C(F)(F)F)cc(C(F)(F)F)c2)c2ccc(Cl)c(Cl)c2)CC1. The molecular weight excluding hydrogens is 655 g/mol. The molecule has 3 aromatic rings. The third kappa shape index (κ3) is 9.39. The third-order valence-electron chi connectivity index (χ3n) is 8.23. The van der Waals surface area contributed by atoms with E-state index in [0.717, 1.165) is 11.1 Å². The van der Waals surface area contributed by atoms with Crippen LogP contribution in [0.4, 0.5) is 26.3 Å². The van der Waals surface area contributed by atoms with Crippen molar-refractivity contribution in [3.63, 3.8) is 0 Å². The standard InChI is InChI=1S/C33H33Cl2F6N3O2/c1-21(45)43-31(25-5-3-2-4-6-25)10-13-44(14-11-31)12-9-24(23-7-8-28(34)29(35)17-23)18-30(46)42-20-22-15-26(32(36,37)38)19-27(16-22)33(39,40)41/h2-8,15-17,19,24H,9-14,18,20H2,1H3,(H,42,46)(H,43,45). The summed E-state index contributed by atoms with van der Waals surface area (Å²) in [5, 5.41) is 6.23.